The molecule has 2 N–H and O–H groups in total. The number of H-pyrrole nitrogens is 1. The Hall–Kier alpha value is -3.48. The van der Waals surface area contributed by atoms with Gasteiger partial charge in [0.05, 0.1) is 22.2 Å². The van der Waals surface area contributed by atoms with Gasteiger partial charge >= 0.3 is 5.97 Å². The lowest BCUT2D eigenvalue weighted by atomic mass is 10.1. The summed E-state index contributed by atoms with van der Waals surface area (Å²) in [4.78, 5) is 34.8. The molecule has 0 aliphatic heterocycles. The number of aromatic nitrogens is 4. The van der Waals surface area contributed by atoms with E-state index in [-0.39, 0.29) is 11.1 Å². The van der Waals surface area contributed by atoms with Crippen molar-refractivity contribution in [3.05, 3.63) is 76.2 Å². The summed E-state index contributed by atoms with van der Waals surface area (Å²) in [6.07, 6.45) is 4.11. The van der Waals surface area contributed by atoms with Crippen molar-refractivity contribution in [1.82, 2.24) is 19.4 Å². The third-order valence-electron chi connectivity index (χ3n) is 3.76. The number of rotatable bonds is 3. The van der Waals surface area contributed by atoms with Crippen LogP contribution in [0.3, 0.4) is 0 Å². The first-order valence-electron chi connectivity index (χ1n) is 7.29. The Morgan fingerprint density at radius 2 is 2.08 bits per heavy atom. The first kappa shape index (κ1) is 14.1. The average Bonchev–Trinajstić information content (AvgIpc) is 2.96. The van der Waals surface area contributed by atoms with E-state index in [9.17, 15) is 9.59 Å². The van der Waals surface area contributed by atoms with E-state index in [1.807, 2.05) is 35.0 Å². The fourth-order valence-electron chi connectivity index (χ4n) is 2.65. The predicted octanol–water partition coefficient (Wildman–Crippen LogP) is 1.86. The maximum atomic E-state index is 12.2. The molecule has 4 aromatic rings. The summed E-state index contributed by atoms with van der Waals surface area (Å²) < 4.78 is 1.89. The normalized spacial score (nSPS) is 11.2. The number of pyridine rings is 1. The molecule has 3 aromatic heterocycles. The van der Waals surface area contributed by atoms with Gasteiger partial charge in [0.15, 0.2) is 0 Å². The Morgan fingerprint density at radius 3 is 2.88 bits per heavy atom. The zero-order valence-electron chi connectivity index (χ0n) is 12.4. The number of imidazole rings is 1. The van der Waals surface area contributed by atoms with Crippen molar-refractivity contribution in [2.45, 2.75) is 6.42 Å². The van der Waals surface area contributed by atoms with Gasteiger partial charge < -0.3 is 14.5 Å². The van der Waals surface area contributed by atoms with Crippen LogP contribution in [0.2, 0.25) is 0 Å². The van der Waals surface area contributed by atoms with Crippen molar-refractivity contribution in [1.29, 1.82) is 0 Å². The molecule has 7 heteroatoms. The number of benzene rings is 1. The second kappa shape index (κ2) is 5.31. The molecule has 0 unspecified atom stereocenters. The van der Waals surface area contributed by atoms with E-state index >= 15 is 0 Å². The molecule has 0 aliphatic rings. The minimum absolute atomic E-state index is 0.0966. The molecular formula is C17H12N4O3. The Balaban J connectivity index is 1.78. The molecule has 7 nitrogen and oxygen atoms in total. The van der Waals surface area contributed by atoms with E-state index in [2.05, 4.69) is 15.0 Å². The van der Waals surface area contributed by atoms with Gasteiger partial charge in [-0.15, -0.1) is 0 Å². The number of hydrogen-bond acceptors (Lipinski definition) is 4. The summed E-state index contributed by atoms with van der Waals surface area (Å²) in [5.74, 6) is -0.612. The van der Waals surface area contributed by atoms with Crippen LogP contribution in [0, 0.1) is 0 Å². The molecule has 0 bridgehead atoms. The molecule has 0 aliphatic carbocycles. The molecule has 24 heavy (non-hydrogen) atoms. The molecule has 0 atom stereocenters. The van der Waals surface area contributed by atoms with Crippen LogP contribution in [0.15, 0.2) is 53.6 Å². The highest BCUT2D eigenvalue weighted by Crippen LogP contribution is 2.13. The lowest BCUT2D eigenvalue weighted by Crippen LogP contribution is -2.13. The summed E-state index contributed by atoms with van der Waals surface area (Å²) >= 11 is 0. The quantitative estimate of drug-likeness (QED) is 0.600. The largest absolute Gasteiger partial charge is 0.478 e. The molecule has 0 saturated carbocycles. The minimum Gasteiger partial charge on any atom is -0.478 e. The van der Waals surface area contributed by atoms with Crippen LogP contribution in [0.25, 0.3) is 16.6 Å². The third kappa shape index (κ3) is 2.41. The molecule has 0 fully saturated rings. The highest BCUT2D eigenvalue weighted by molar-refractivity contribution is 5.92. The van der Waals surface area contributed by atoms with Gasteiger partial charge in [0.2, 0.25) is 0 Å². The number of aromatic carboxylic acids is 1. The van der Waals surface area contributed by atoms with E-state index in [0.29, 0.717) is 23.1 Å². The predicted molar refractivity (Wildman–Crippen MR) is 87.3 cm³/mol. The Morgan fingerprint density at radius 1 is 1.21 bits per heavy atom. The fraction of sp³-hybridized carbons (Fsp3) is 0.0588. The van der Waals surface area contributed by atoms with E-state index in [0.717, 1.165) is 11.3 Å². The van der Waals surface area contributed by atoms with Gasteiger partial charge in [-0.3, -0.25) is 4.79 Å². The van der Waals surface area contributed by atoms with Crippen LogP contribution in [0.4, 0.5) is 0 Å². The minimum atomic E-state index is -1.05. The van der Waals surface area contributed by atoms with Gasteiger partial charge in [-0.05, 0) is 30.3 Å². The number of fused-ring (bicyclic) bond motifs is 2. The lowest BCUT2D eigenvalue weighted by Gasteiger charge is -2.02. The highest BCUT2D eigenvalue weighted by atomic mass is 16.4. The standard InChI is InChI=1S/C17H12N4O3/c22-16-12-5-4-10(17(23)24)7-13(12)19-14(20-16)8-11-9-21-6-2-1-3-15(21)18-11/h1-7,9H,8H2,(H,23,24)(H,19,20,22). The number of carboxylic acids is 1. The second-order valence-corrected chi connectivity index (χ2v) is 5.42. The molecule has 0 spiro atoms. The number of carbonyl (C=O) groups is 1. The van der Waals surface area contributed by atoms with Crippen LogP contribution >= 0.6 is 0 Å². The van der Waals surface area contributed by atoms with Gasteiger partial charge in [0.1, 0.15) is 11.5 Å². The number of carboxylic acid groups (broad SMARTS) is 1. The van der Waals surface area contributed by atoms with E-state index < -0.39 is 5.97 Å². The molecule has 0 amide bonds. The summed E-state index contributed by atoms with van der Waals surface area (Å²) in [5, 5.41) is 9.43. The average molecular weight is 320 g/mol. The van der Waals surface area contributed by atoms with Gasteiger partial charge in [-0.25, -0.2) is 14.8 Å². The lowest BCUT2D eigenvalue weighted by molar-refractivity contribution is 0.0697. The third-order valence-corrected chi connectivity index (χ3v) is 3.76. The Bertz CT molecular complexity index is 1110. The zero-order valence-corrected chi connectivity index (χ0v) is 12.4. The Labute approximate surface area is 135 Å². The maximum Gasteiger partial charge on any atom is 0.335 e. The van der Waals surface area contributed by atoms with Crippen molar-refractivity contribution < 1.29 is 9.90 Å². The van der Waals surface area contributed by atoms with E-state index in [4.69, 9.17) is 5.11 Å². The van der Waals surface area contributed by atoms with Crippen molar-refractivity contribution in [2.24, 2.45) is 0 Å². The molecular weight excluding hydrogens is 308 g/mol. The summed E-state index contributed by atoms with van der Waals surface area (Å²) in [6, 6.07) is 9.96. The molecule has 4 rings (SSSR count). The van der Waals surface area contributed by atoms with Crippen LogP contribution in [0.5, 0.6) is 0 Å². The second-order valence-electron chi connectivity index (χ2n) is 5.42. The van der Waals surface area contributed by atoms with Crippen molar-refractivity contribution in [3.8, 4) is 0 Å². The van der Waals surface area contributed by atoms with E-state index in [1.165, 1.54) is 18.2 Å². The van der Waals surface area contributed by atoms with Gasteiger partial charge in [0, 0.05) is 18.8 Å². The number of nitrogens with one attached hydrogen (secondary N) is 1. The summed E-state index contributed by atoms with van der Waals surface area (Å²) in [5.41, 5.74) is 1.73. The summed E-state index contributed by atoms with van der Waals surface area (Å²) in [6.45, 7) is 0. The van der Waals surface area contributed by atoms with Crippen molar-refractivity contribution in [2.75, 3.05) is 0 Å². The van der Waals surface area contributed by atoms with Gasteiger partial charge in [-0.1, -0.05) is 6.07 Å². The summed E-state index contributed by atoms with van der Waals surface area (Å²) in [7, 11) is 0. The van der Waals surface area contributed by atoms with Crippen LogP contribution in [-0.2, 0) is 6.42 Å². The molecule has 3 heterocycles. The van der Waals surface area contributed by atoms with Crippen LogP contribution in [0.1, 0.15) is 21.9 Å². The zero-order chi connectivity index (χ0) is 16.7. The van der Waals surface area contributed by atoms with Crippen molar-refractivity contribution >= 4 is 22.5 Å². The van der Waals surface area contributed by atoms with Crippen LogP contribution < -0.4 is 5.56 Å². The van der Waals surface area contributed by atoms with Crippen LogP contribution in [-0.4, -0.2) is 30.4 Å². The Kier molecular flexibility index (Phi) is 3.13. The topological polar surface area (TPSA) is 100 Å². The van der Waals surface area contributed by atoms with Crippen molar-refractivity contribution in [3.63, 3.8) is 0 Å². The first-order valence-corrected chi connectivity index (χ1v) is 7.29. The molecule has 118 valence electrons. The highest BCUT2D eigenvalue weighted by Gasteiger charge is 2.10. The maximum absolute atomic E-state index is 12.2. The first-order chi connectivity index (χ1) is 11.6. The number of nitrogens with zero attached hydrogens (tertiary/aromatic N) is 3. The molecule has 1 aromatic carbocycles. The fourth-order valence-corrected chi connectivity index (χ4v) is 2.65. The van der Waals surface area contributed by atoms with Gasteiger partial charge in [0.25, 0.3) is 5.56 Å². The molecule has 0 radical (unpaired) electrons. The number of aromatic amines is 1. The SMILES string of the molecule is O=C(O)c1ccc2c(=O)[nH]c(Cc3cn4ccccc4n3)nc2c1. The van der Waals surface area contributed by atoms with Gasteiger partial charge in [-0.2, -0.15) is 0 Å². The smallest absolute Gasteiger partial charge is 0.335 e. The molecule has 0 saturated heterocycles. The monoisotopic (exact) mass is 320 g/mol. The van der Waals surface area contributed by atoms with E-state index in [1.54, 1.807) is 0 Å². The number of hydrogen-bond donors (Lipinski definition) is 2.